The fourth-order valence-electron chi connectivity index (χ4n) is 2.88. The van der Waals surface area contributed by atoms with Gasteiger partial charge in [-0.1, -0.05) is 0 Å². The van der Waals surface area contributed by atoms with Crippen molar-refractivity contribution in [2.24, 2.45) is 5.92 Å². The number of fused-ring (bicyclic) bond motifs is 1. The summed E-state index contributed by atoms with van der Waals surface area (Å²) in [6.45, 7) is -0.0354. The molecule has 0 aliphatic carbocycles. The zero-order valence-electron chi connectivity index (χ0n) is 13.6. The first-order valence-electron chi connectivity index (χ1n) is 7.77. The molecule has 0 spiro atoms. The van der Waals surface area contributed by atoms with E-state index in [1.54, 1.807) is 11.4 Å². The van der Waals surface area contributed by atoms with Gasteiger partial charge in [-0.15, -0.1) is 11.3 Å². The van der Waals surface area contributed by atoms with Crippen LogP contribution in [-0.2, 0) is 26.4 Å². The van der Waals surface area contributed by atoms with Crippen LogP contribution in [0.15, 0.2) is 16.2 Å². The minimum absolute atomic E-state index is 0.0354. The predicted octanol–water partition coefficient (Wildman–Crippen LogP) is 0.571. The van der Waals surface area contributed by atoms with Gasteiger partial charge in [0.05, 0.1) is 29.3 Å². The summed E-state index contributed by atoms with van der Waals surface area (Å²) in [6, 6.07) is 1.72. The molecule has 0 amide bonds. The molecule has 1 aliphatic rings. The quantitative estimate of drug-likeness (QED) is 0.751. The summed E-state index contributed by atoms with van der Waals surface area (Å²) in [4.78, 5) is 18.8. The van der Waals surface area contributed by atoms with Gasteiger partial charge in [-0.3, -0.25) is 4.79 Å². The molecule has 11 heteroatoms. The molecule has 1 unspecified atom stereocenters. The third-order valence-corrected chi connectivity index (χ3v) is 8.89. The summed E-state index contributed by atoms with van der Waals surface area (Å²) in [6.07, 6.45) is 0.838. The van der Waals surface area contributed by atoms with Gasteiger partial charge in [-0.2, -0.15) is 4.31 Å². The van der Waals surface area contributed by atoms with E-state index in [1.165, 1.54) is 18.4 Å². The van der Waals surface area contributed by atoms with Crippen LogP contribution < -0.4 is 5.56 Å². The Kier molecular flexibility index (Phi) is 5.02. The summed E-state index contributed by atoms with van der Waals surface area (Å²) in [7, 11) is -5.14. The SMILES string of the molecule is CN(Cc1nc2ccsc2c(=O)[nH]1)S(=O)(=O)CCC1CCS(=O)(=O)C1. The molecular formula is C14H19N3O5S3. The van der Waals surface area contributed by atoms with Gasteiger partial charge in [0.2, 0.25) is 10.0 Å². The maximum absolute atomic E-state index is 12.4. The smallest absolute Gasteiger partial charge is 0.268 e. The van der Waals surface area contributed by atoms with Gasteiger partial charge in [-0.05, 0) is 30.2 Å². The minimum Gasteiger partial charge on any atom is -0.308 e. The Hall–Kier alpha value is -1.30. The number of thiophene rings is 1. The third-order valence-electron chi connectivity index (χ3n) is 4.32. The Labute approximate surface area is 149 Å². The van der Waals surface area contributed by atoms with Crippen molar-refractivity contribution in [1.29, 1.82) is 0 Å². The number of aromatic nitrogens is 2. The fraction of sp³-hybridized carbons (Fsp3) is 0.571. The molecule has 3 heterocycles. The van der Waals surface area contributed by atoms with Gasteiger partial charge >= 0.3 is 0 Å². The topological polar surface area (TPSA) is 117 Å². The predicted molar refractivity (Wildman–Crippen MR) is 96.9 cm³/mol. The highest BCUT2D eigenvalue weighted by molar-refractivity contribution is 7.91. The van der Waals surface area contributed by atoms with Crippen LogP contribution in [0.4, 0.5) is 0 Å². The van der Waals surface area contributed by atoms with Gasteiger partial charge in [0.15, 0.2) is 9.84 Å². The van der Waals surface area contributed by atoms with Gasteiger partial charge in [0.25, 0.3) is 5.56 Å². The maximum Gasteiger partial charge on any atom is 0.268 e. The second-order valence-corrected chi connectivity index (χ2v) is 11.6. The Balaban J connectivity index is 1.66. The van der Waals surface area contributed by atoms with Gasteiger partial charge in [0.1, 0.15) is 10.5 Å². The van der Waals surface area contributed by atoms with E-state index in [2.05, 4.69) is 9.97 Å². The van der Waals surface area contributed by atoms with Gasteiger partial charge in [0, 0.05) is 7.05 Å². The largest absolute Gasteiger partial charge is 0.308 e. The first-order valence-corrected chi connectivity index (χ1v) is 12.1. The summed E-state index contributed by atoms with van der Waals surface area (Å²) in [5, 5.41) is 1.76. The van der Waals surface area contributed by atoms with Crippen LogP contribution in [0.3, 0.4) is 0 Å². The standard InChI is InChI=1S/C14H19N3O5S3/c1-17(8-12-15-11-2-5-23-13(11)14(18)16-12)25(21,22)7-4-10-3-6-24(19,20)9-10/h2,5,10H,3-4,6-9H2,1H3,(H,15,16,18). The molecule has 0 saturated carbocycles. The summed E-state index contributed by atoms with van der Waals surface area (Å²) >= 11 is 1.28. The molecule has 1 N–H and O–H groups in total. The number of H-pyrrole nitrogens is 1. The number of nitrogens with zero attached hydrogens (tertiary/aromatic N) is 2. The number of rotatable bonds is 6. The molecule has 2 aromatic heterocycles. The van der Waals surface area contributed by atoms with Crippen molar-refractivity contribution < 1.29 is 16.8 Å². The van der Waals surface area contributed by atoms with Crippen molar-refractivity contribution in [3.05, 3.63) is 27.6 Å². The number of hydrogen-bond donors (Lipinski definition) is 1. The average molecular weight is 406 g/mol. The number of sulfone groups is 1. The fourth-order valence-corrected chi connectivity index (χ4v) is 6.77. The van der Waals surface area contributed by atoms with Crippen LogP contribution in [0, 0.1) is 5.92 Å². The highest BCUT2D eigenvalue weighted by Gasteiger charge is 2.30. The molecule has 1 atom stereocenters. The van der Waals surface area contributed by atoms with Crippen LogP contribution in [0.25, 0.3) is 10.2 Å². The molecule has 1 saturated heterocycles. The lowest BCUT2D eigenvalue weighted by Gasteiger charge is -2.17. The number of aromatic amines is 1. The molecule has 3 rings (SSSR count). The van der Waals surface area contributed by atoms with Crippen LogP contribution >= 0.6 is 11.3 Å². The van der Waals surface area contributed by atoms with Gasteiger partial charge < -0.3 is 4.98 Å². The van der Waals surface area contributed by atoms with Crippen molar-refractivity contribution in [2.75, 3.05) is 24.3 Å². The Morgan fingerprint density at radius 3 is 2.88 bits per heavy atom. The lowest BCUT2D eigenvalue weighted by Crippen LogP contribution is -2.31. The highest BCUT2D eigenvalue weighted by atomic mass is 32.2. The lowest BCUT2D eigenvalue weighted by molar-refractivity contribution is 0.449. The third kappa shape index (κ3) is 4.27. The van der Waals surface area contributed by atoms with E-state index < -0.39 is 19.9 Å². The summed E-state index contributed by atoms with van der Waals surface area (Å²) in [5.41, 5.74) is 0.266. The molecule has 0 aromatic carbocycles. The maximum atomic E-state index is 12.4. The molecule has 1 fully saturated rings. The van der Waals surface area contributed by atoms with Crippen molar-refractivity contribution >= 4 is 41.4 Å². The van der Waals surface area contributed by atoms with E-state index in [0.717, 1.165) is 4.31 Å². The van der Waals surface area contributed by atoms with Crippen LogP contribution in [0.2, 0.25) is 0 Å². The second kappa shape index (κ2) is 6.78. The second-order valence-electron chi connectivity index (χ2n) is 6.28. The van der Waals surface area contributed by atoms with Crippen LogP contribution in [0.5, 0.6) is 0 Å². The van der Waals surface area contributed by atoms with E-state index in [9.17, 15) is 21.6 Å². The Bertz CT molecular complexity index is 1040. The van der Waals surface area contributed by atoms with Crippen molar-refractivity contribution in [1.82, 2.24) is 14.3 Å². The molecule has 1 aliphatic heterocycles. The summed E-state index contributed by atoms with van der Waals surface area (Å²) < 4.78 is 49.4. The van der Waals surface area contributed by atoms with Gasteiger partial charge in [-0.25, -0.2) is 21.8 Å². The Morgan fingerprint density at radius 1 is 1.44 bits per heavy atom. The normalized spacial score (nSPS) is 20.5. The van der Waals surface area contributed by atoms with E-state index in [4.69, 9.17) is 0 Å². The van der Waals surface area contributed by atoms with Crippen molar-refractivity contribution in [3.63, 3.8) is 0 Å². The van der Waals surface area contributed by atoms with E-state index in [1.807, 2.05) is 0 Å². The minimum atomic E-state index is -3.56. The van der Waals surface area contributed by atoms with Crippen LogP contribution in [-0.4, -0.2) is 55.4 Å². The molecule has 138 valence electrons. The molecule has 0 radical (unpaired) electrons. The van der Waals surface area contributed by atoms with E-state index >= 15 is 0 Å². The first kappa shape index (κ1) is 18.5. The molecule has 25 heavy (non-hydrogen) atoms. The number of nitrogens with one attached hydrogen (secondary N) is 1. The first-order chi connectivity index (χ1) is 11.7. The van der Waals surface area contributed by atoms with Crippen molar-refractivity contribution in [3.8, 4) is 0 Å². The lowest BCUT2D eigenvalue weighted by atomic mass is 10.1. The zero-order chi connectivity index (χ0) is 18.2. The molecule has 0 bridgehead atoms. The monoisotopic (exact) mass is 405 g/mol. The summed E-state index contributed by atoms with van der Waals surface area (Å²) in [5.74, 6) is 0.267. The zero-order valence-corrected chi connectivity index (χ0v) is 16.1. The molecular weight excluding hydrogens is 386 g/mol. The Morgan fingerprint density at radius 2 is 2.20 bits per heavy atom. The number of hydrogen-bond acceptors (Lipinski definition) is 7. The van der Waals surface area contributed by atoms with E-state index in [-0.39, 0.29) is 41.1 Å². The number of sulfonamides is 1. The van der Waals surface area contributed by atoms with E-state index in [0.29, 0.717) is 23.1 Å². The van der Waals surface area contributed by atoms with Crippen LogP contribution in [0.1, 0.15) is 18.7 Å². The average Bonchev–Trinajstić information content (AvgIpc) is 3.11. The highest BCUT2D eigenvalue weighted by Crippen LogP contribution is 2.22. The molecule has 8 nitrogen and oxygen atoms in total. The molecule has 2 aromatic rings. The van der Waals surface area contributed by atoms with Crippen molar-refractivity contribution in [2.45, 2.75) is 19.4 Å².